The van der Waals surface area contributed by atoms with Crippen molar-refractivity contribution in [1.82, 2.24) is 15.0 Å². The molecule has 1 rings (SSSR count). The summed E-state index contributed by atoms with van der Waals surface area (Å²) in [6.07, 6.45) is 5.08. The number of aryl methyl sites for hydroxylation is 1. The molecule has 6 heteroatoms. The van der Waals surface area contributed by atoms with E-state index < -0.39 is 0 Å². The van der Waals surface area contributed by atoms with Gasteiger partial charge in [-0.1, -0.05) is 8.41 Å². The Morgan fingerprint density at radius 3 is 2.46 bits per heavy atom. The molecule has 0 saturated carbocycles. The molecule has 0 saturated heterocycles. The normalized spacial score (nSPS) is 7.62. The molecule has 0 aliphatic carbocycles. The Morgan fingerprint density at radius 1 is 1.31 bits per heavy atom. The van der Waals surface area contributed by atoms with Gasteiger partial charge < -0.3 is 0 Å². The number of unbranched alkanes of at least 4 members (excludes halogenated alkanes) is 1. The third kappa shape index (κ3) is 6.70. The molecule has 64 valence electrons. The summed E-state index contributed by atoms with van der Waals surface area (Å²) >= 11 is 0. The van der Waals surface area contributed by atoms with Crippen molar-refractivity contribution >= 4 is 8.41 Å². The molecule has 0 amide bonds. The Balaban J connectivity index is 0. The zero-order valence-corrected chi connectivity index (χ0v) is 9.06. The molecule has 0 unspecified atom stereocenters. The van der Waals surface area contributed by atoms with Crippen LogP contribution in [0.15, 0.2) is 12.7 Å². The molecule has 0 aromatic carbocycles. The van der Waals surface area contributed by atoms with Gasteiger partial charge in [-0.05, 0) is 6.42 Å². The minimum Gasteiger partial charge on any atom is -0.225 e. The first kappa shape index (κ1) is 15.1. The van der Waals surface area contributed by atoms with E-state index in [0.717, 1.165) is 18.7 Å². The topological polar surface area (TPSA) is 62.5 Å². The maximum absolute atomic E-state index is 8.24. The number of rotatable bonds is 3. The van der Waals surface area contributed by atoms with Crippen LogP contribution in [0.4, 0.5) is 0 Å². The quantitative estimate of drug-likeness (QED) is 0.359. The van der Waals surface area contributed by atoms with Gasteiger partial charge in [0.2, 0.25) is 0 Å². The van der Waals surface area contributed by atoms with Gasteiger partial charge in [-0.15, -0.1) is 0 Å². The first-order valence-corrected chi connectivity index (χ1v) is 3.41. The number of aromatic nitrogens is 3. The molecule has 4 nitrogen and oxygen atoms in total. The molecule has 1 aromatic heterocycles. The van der Waals surface area contributed by atoms with E-state index in [9.17, 15) is 0 Å². The molecule has 0 radical (unpaired) electrons. The summed E-state index contributed by atoms with van der Waals surface area (Å²) < 4.78 is 0. The summed E-state index contributed by atoms with van der Waals surface area (Å²) in [7, 11) is 0. The van der Waals surface area contributed by atoms with E-state index in [1.807, 2.05) is 0 Å². The van der Waals surface area contributed by atoms with Crippen molar-refractivity contribution < 1.29 is 29.6 Å². The smallest absolute Gasteiger partial charge is 0.225 e. The van der Waals surface area contributed by atoms with E-state index in [2.05, 4.69) is 21.0 Å². The van der Waals surface area contributed by atoms with Gasteiger partial charge in [0.1, 0.15) is 18.5 Å². The van der Waals surface area contributed by atoms with E-state index in [1.54, 1.807) is 0 Å². The molecular formula is C7H12BN4Na. The van der Waals surface area contributed by atoms with Gasteiger partial charge in [-0.2, -0.15) is 5.26 Å². The Morgan fingerprint density at radius 2 is 1.92 bits per heavy atom. The number of hydrogen-bond donors (Lipinski definition) is 0. The fourth-order valence-corrected chi connectivity index (χ4v) is 0.718. The van der Waals surface area contributed by atoms with Crippen LogP contribution in [0, 0.1) is 11.3 Å². The van der Waals surface area contributed by atoms with E-state index in [-0.39, 0.29) is 38.0 Å². The number of nitrogens with zero attached hydrogens (tertiary/aromatic N) is 4. The summed E-state index contributed by atoms with van der Waals surface area (Å²) in [5, 5.41) is 8.24. The van der Waals surface area contributed by atoms with Gasteiger partial charge in [0.05, 0.1) is 6.07 Å². The minimum absolute atomic E-state index is 0. The van der Waals surface area contributed by atoms with Gasteiger partial charge in [0.15, 0.2) is 0 Å². The summed E-state index contributed by atoms with van der Waals surface area (Å²) in [5.74, 6) is 0.759. The first-order chi connectivity index (χ1) is 5.43. The Kier molecular flexibility index (Phi) is 11.2. The van der Waals surface area contributed by atoms with Crippen LogP contribution in [0.2, 0.25) is 0 Å². The van der Waals surface area contributed by atoms with Crippen LogP contribution < -0.4 is 29.6 Å². The van der Waals surface area contributed by atoms with Gasteiger partial charge in [0, 0.05) is 12.8 Å². The van der Waals surface area contributed by atoms with Crippen LogP contribution in [-0.4, -0.2) is 23.4 Å². The Hall–Kier alpha value is -0.435. The van der Waals surface area contributed by atoms with Crippen molar-refractivity contribution in [2.75, 3.05) is 0 Å². The molecule has 1 heterocycles. The summed E-state index contributed by atoms with van der Waals surface area (Å²) in [4.78, 5) is 11.5. The standard InChI is InChI=1S/C7H8N4.BH4.Na/c8-4-2-1-3-7-10-5-9-6-11-7;;/h5-6H,1-3H2;1H4;/q;-1;+1. The summed E-state index contributed by atoms with van der Waals surface area (Å²) in [6, 6.07) is 2.07. The fourth-order valence-electron chi connectivity index (χ4n) is 0.718. The molecule has 0 aliphatic rings. The second-order valence-electron chi connectivity index (χ2n) is 2.07. The van der Waals surface area contributed by atoms with Crippen LogP contribution in [-0.2, 0) is 6.42 Å². The molecule has 0 N–H and O–H groups in total. The molecule has 0 bridgehead atoms. The van der Waals surface area contributed by atoms with Crippen LogP contribution >= 0.6 is 0 Å². The number of hydrogen-bond acceptors (Lipinski definition) is 4. The minimum atomic E-state index is 0. The predicted octanol–water partition coefficient (Wildman–Crippen LogP) is -3.73. The van der Waals surface area contributed by atoms with E-state index >= 15 is 0 Å². The Bertz CT molecular complexity index is 248. The average Bonchev–Trinajstić information content (AvgIpc) is 2.07. The zero-order chi connectivity index (χ0) is 7.94. The van der Waals surface area contributed by atoms with Crippen molar-refractivity contribution in [3.63, 3.8) is 0 Å². The Labute approximate surface area is 102 Å². The zero-order valence-electron chi connectivity index (χ0n) is 7.06. The molecule has 13 heavy (non-hydrogen) atoms. The van der Waals surface area contributed by atoms with Crippen LogP contribution in [0.1, 0.15) is 18.7 Å². The third-order valence-electron chi connectivity index (χ3n) is 1.24. The molecule has 0 spiro atoms. The van der Waals surface area contributed by atoms with E-state index in [0.29, 0.717) is 6.42 Å². The average molecular weight is 186 g/mol. The monoisotopic (exact) mass is 186 g/mol. The van der Waals surface area contributed by atoms with Crippen molar-refractivity contribution in [2.45, 2.75) is 19.3 Å². The van der Waals surface area contributed by atoms with Crippen molar-refractivity contribution in [1.29, 1.82) is 5.26 Å². The molecule has 0 aliphatic heterocycles. The van der Waals surface area contributed by atoms with Crippen molar-refractivity contribution in [3.05, 3.63) is 18.5 Å². The van der Waals surface area contributed by atoms with Crippen LogP contribution in [0.25, 0.3) is 0 Å². The van der Waals surface area contributed by atoms with Crippen LogP contribution in [0.3, 0.4) is 0 Å². The summed E-state index contributed by atoms with van der Waals surface area (Å²) in [5.41, 5.74) is 0. The van der Waals surface area contributed by atoms with Gasteiger partial charge >= 0.3 is 29.6 Å². The van der Waals surface area contributed by atoms with Crippen molar-refractivity contribution in [3.8, 4) is 6.07 Å². The molecule has 1 aromatic rings. The van der Waals surface area contributed by atoms with Gasteiger partial charge in [-0.3, -0.25) is 0 Å². The van der Waals surface area contributed by atoms with Gasteiger partial charge in [-0.25, -0.2) is 15.0 Å². The van der Waals surface area contributed by atoms with E-state index in [4.69, 9.17) is 5.26 Å². The molecular weight excluding hydrogens is 174 g/mol. The van der Waals surface area contributed by atoms with Gasteiger partial charge in [0.25, 0.3) is 0 Å². The largest absolute Gasteiger partial charge is 1.00 e. The maximum Gasteiger partial charge on any atom is 1.00 e. The summed E-state index contributed by atoms with van der Waals surface area (Å²) in [6.45, 7) is 0. The SMILES string of the molecule is N#CCCCc1ncncn1.[BH4-].[Na+]. The molecule has 0 atom stereocenters. The number of nitriles is 1. The second-order valence-corrected chi connectivity index (χ2v) is 2.07. The predicted molar refractivity (Wildman–Crippen MR) is 49.7 cm³/mol. The first-order valence-electron chi connectivity index (χ1n) is 3.41. The van der Waals surface area contributed by atoms with E-state index in [1.165, 1.54) is 12.7 Å². The fraction of sp³-hybridized carbons (Fsp3) is 0.429. The second kappa shape index (κ2) is 9.65. The molecule has 0 fully saturated rings. The van der Waals surface area contributed by atoms with Crippen LogP contribution in [0.5, 0.6) is 0 Å². The maximum atomic E-state index is 8.24. The third-order valence-corrected chi connectivity index (χ3v) is 1.24. The van der Waals surface area contributed by atoms with Crippen molar-refractivity contribution in [2.24, 2.45) is 0 Å².